The topological polar surface area (TPSA) is 76.7 Å². The second-order valence-corrected chi connectivity index (χ2v) is 4.14. The highest BCUT2D eigenvalue weighted by Crippen LogP contribution is 2.23. The molecule has 5 nitrogen and oxygen atoms in total. The first kappa shape index (κ1) is 12.4. The summed E-state index contributed by atoms with van der Waals surface area (Å²) in [7, 11) is 0. The molecule has 94 valence electrons. The molecule has 0 radical (unpaired) electrons. The van der Waals surface area contributed by atoms with Gasteiger partial charge in [-0.25, -0.2) is 15.8 Å². The molecule has 0 spiro atoms. The van der Waals surface area contributed by atoms with Gasteiger partial charge < -0.3 is 5.43 Å². The number of pyridine rings is 1. The molecule has 5 heteroatoms. The minimum atomic E-state index is 0.663. The van der Waals surface area contributed by atoms with E-state index < -0.39 is 0 Å². The third-order valence-electron chi connectivity index (χ3n) is 3.05. The summed E-state index contributed by atoms with van der Waals surface area (Å²) in [6.45, 7) is 5.99. The van der Waals surface area contributed by atoms with E-state index in [1.165, 1.54) is 0 Å². The predicted molar refractivity (Wildman–Crippen MR) is 71.9 cm³/mol. The molecule has 0 aliphatic heterocycles. The summed E-state index contributed by atoms with van der Waals surface area (Å²) in [5.74, 6) is 6.83. The number of nitrogens with one attached hydrogen (secondary N) is 1. The molecule has 0 aromatic carbocycles. The van der Waals surface area contributed by atoms with Gasteiger partial charge in [-0.2, -0.15) is 0 Å². The summed E-state index contributed by atoms with van der Waals surface area (Å²) in [4.78, 5) is 13.1. The fourth-order valence-electron chi connectivity index (χ4n) is 1.82. The van der Waals surface area contributed by atoms with Crippen molar-refractivity contribution in [3.8, 4) is 11.4 Å². The lowest BCUT2D eigenvalue weighted by Gasteiger charge is -2.11. The molecule has 0 amide bonds. The molecule has 18 heavy (non-hydrogen) atoms. The van der Waals surface area contributed by atoms with E-state index in [2.05, 4.69) is 27.3 Å². The third kappa shape index (κ3) is 2.17. The third-order valence-corrected chi connectivity index (χ3v) is 3.05. The van der Waals surface area contributed by atoms with Crippen LogP contribution in [-0.2, 0) is 6.42 Å². The van der Waals surface area contributed by atoms with E-state index in [4.69, 9.17) is 5.84 Å². The molecular weight excluding hydrogens is 226 g/mol. The first-order valence-electron chi connectivity index (χ1n) is 5.92. The van der Waals surface area contributed by atoms with Crippen molar-refractivity contribution >= 4 is 5.82 Å². The lowest BCUT2D eigenvalue weighted by atomic mass is 10.1. The Morgan fingerprint density at radius 1 is 1.28 bits per heavy atom. The molecule has 0 unspecified atom stereocenters. The zero-order valence-electron chi connectivity index (χ0n) is 10.9. The van der Waals surface area contributed by atoms with Gasteiger partial charge in [-0.1, -0.05) is 6.92 Å². The van der Waals surface area contributed by atoms with Crippen LogP contribution in [0, 0.1) is 13.8 Å². The standard InChI is InChI=1S/C13H17N5/c1-4-10-7-15-6-5-11(10)13-16-9(3)8(2)12(17-13)18-14/h5-7H,4,14H2,1-3H3,(H,16,17,18). The average Bonchev–Trinajstić information content (AvgIpc) is 2.41. The SMILES string of the molecule is CCc1cnccc1-c1nc(C)c(C)c(NN)n1. The van der Waals surface area contributed by atoms with Gasteiger partial charge in [0.25, 0.3) is 0 Å². The van der Waals surface area contributed by atoms with Crippen LogP contribution >= 0.6 is 0 Å². The number of anilines is 1. The maximum Gasteiger partial charge on any atom is 0.162 e. The minimum absolute atomic E-state index is 0.663. The van der Waals surface area contributed by atoms with E-state index in [1.54, 1.807) is 6.20 Å². The van der Waals surface area contributed by atoms with E-state index in [1.807, 2.05) is 26.1 Å². The zero-order valence-corrected chi connectivity index (χ0v) is 10.9. The van der Waals surface area contributed by atoms with Crippen molar-refractivity contribution in [3.05, 3.63) is 35.3 Å². The second-order valence-electron chi connectivity index (χ2n) is 4.14. The fraction of sp³-hybridized carbons (Fsp3) is 0.308. The van der Waals surface area contributed by atoms with Gasteiger partial charge in [0.05, 0.1) is 0 Å². The number of nitrogens with zero attached hydrogens (tertiary/aromatic N) is 3. The molecule has 2 aromatic heterocycles. The molecule has 2 heterocycles. The number of rotatable bonds is 3. The van der Waals surface area contributed by atoms with Crippen LogP contribution in [0.3, 0.4) is 0 Å². The van der Waals surface area contributed by atoms with Crippen molar-refractivity contribution in [3.63, 3.8) is 0 Å². The molecule has 0 saturated heterocycles. The number of hydrazine groups is 1. The normalized spacial score (nSPS) is 10.4. The fourth-order valence-corrected chi connectivity index (χ4v) is 1.82. The average molecular weight is 243 g/mol. The Morgan fingerprint density at radius 3 is 2.72 bits per heavy atom. The molecule has 2 aromatic rings. The number of nitrogen functional groups attached to an aromatic ring is 1. The first-order chi connectivity index (χ1) is 8.67. The van der Waals surface area contributed by atoms with Gasteiger partial charge in [0.2, 0.25) is 0 Å². The van der Waals surface area contributed by atoms with Crippen LogP contribution in [0.2, 0.25) is 0 Å². The Kier molecular flexibility index (Phi) is 3.53. The van der Waals surface area contributed by atoms with Gasteiger partial charge in [-0.15, -0.1) is 0 Å². The summed E-state index contributed by atoms with van der Waals surface area (Å²) in [6.07, 6.45) is 4.50. The van der Waals surface area contributed by atoms with Gasteiger partial charge in [-0.3, -0.25) is 4.98 Å². The maximum atomic E-state index is 5.48. The molecule has 0 aliphatic carbocycles. The minimum Gasteiger partial charge on any atom is -0.308 e. The Labute approximate surface area is 106 Å². The van der Waals surface area contributed by atoms with E-state index >= 15 is 0 Å². The number of aryl methyl sites for hydroxylation is 2. The summed E-state index contributed by atoms with van der Waals surface area (Å²) < 4.78 is 0. The molecule has 0 fully saturated rings. The number of nitrogens with two attached hydrogens (primary N) is 1. The summed E-state index contributed by atoms with van der Waals surface area (Å²) in [5, 5.41) is 0. The van der Waals surface area contributed by atoms with E-state index in [0.29, 0.717) is 11.6 Å². The smallest absolute Gasteiger partial charge is 0.162 e. The second kappa shape index (κ2) is 5.10. The summed E-state index contributed by atoms with van der Waals surface area (Å²) >= 11 is 0. The number of hydrogen-bond donors (Lipinski definition) is 2. The Morgan fingerprint density at radius 2 is 2.06 bits per heavy atom. The quantitative estimate of drug-likeness (QED) is 0.637. The van der Waals surface area contributed by atoms with Crippen LogP contribution in [-0.4, -0.2) is 15.0 Å². The molecule has 0 atom stereocenters. The highest BCUT2D eigenvalue weighted by atomic mass is 15.3. The Hall–Kier alpha value is -2.01. The van der Waals surface area contributed by atoms with Crippen molar-refractivity contribution < 1.29 is 0 Å². The van der Waals surface area contributed by atoms with Crippen molar-refractivity contribution in [2.24, 2.45) is 5.84 Å². The van der Waals surface area contributed by atoms with E-state index in [-0.39, 0.29) is 0 Å². The molecule has 0 saturated carbocycles. The largest absolute Gasteiger partial charge is 0.308 e. The van der Waals surface area contributed by atoms with Crippen molar-refractivity contribution in [1.82, 2.24) is 15.0 Å². The first-order valence-corrected chi connectivity index (χ1v) is 5.92. The Balaban J connectivity index is 2.61. The van der Waals surface area contributed by atoms with Gasteiger partial charge in [0.15, 0.2) is 5.82 Å². The van der Waals surface area contributed by atoms with Crippen LogP contribution in [0.25, 0.3) is 11.4 Å². The Bertz CT molecular complexity index is 565. The zero-order chi connectivity index (χ0) is 13.1. The lowest BCUT2D eigenvalue weighted by Crippen LogP contribution is -2.12. The highest BCUT2D eigenvalue weighted by molar-refractivity contribution is 5.62. The van der Waals surface area contributed by atoms with Crippen molar-refractivity contribution in [2.45, 2.75) is 27.2 Å². The predicted octanol–water partition coefficient (Wildman–Crippen LogP) is 2.00. The number of hydrogen-bond acceptors (Lipinski definition) is 5. The molecular formula is C13H17N5. The van der Waals surface area contributed by atoms with Gasteiger partial charge in [0.1, 0.15) is 5.82 Å². The highest BCUT2D eigenvalue weighted by Gasteiger charge is 2.11. The van der Waals surface area contributed by atoms with Gasteiger partial charge >= 0.3 is 0 Å². The van der Waals surface area contributed by atoms with Gasteiger partial charge in [-0.05, 0) is 31.9 Å². The van der Waals surface area contributed by atoms with E-state index in [0.717, 1.165) is 28.8 Å². The monoisotopic (exact) mass is 243 g/mol. The number of aromatic nitrogens is 3. The maximum absolute atomic E-state index is 5.48. The summed E-state index contributed by atoms with van der Waals surface area (Å²) in [5.41, 5.74) is 6.64. The van der Waals surface area contributed by atoms with Crippen LogP contribution in [0.1, 0.15) is 23.7 Å². The van der Waals surface area contributed by atoms with Crippen LogP contribution in [0.15, 0.2) is 18.5 Å². The molecule has 0 bridgehead atoms. The summed E-state index contributed by atoms with van der Waals surface area (Å²) in [6, 6.07) is 1.93. The van der Waals surface area contributed by atoms with E-state index in [9.17, 15) is 0 Å². The van der Waals surface area contributed by atoms with Crippen LogP contribution in [0.4, 0.5) is 5.82 Å². The van der Waals surface area contributed by atoms with Crippen molar-refractivity contribution in [2.75, 3.05) is 5.43 Å². The lowest BCUT2D eigenvalue weighted by molar-refractivity contribution is 1.04. The molecule has 3 N–H and O–H groups in total. The molecule has 0 aliphatic rings. The molecule has 2 rings (SSSR count). The van der Waals surface area contributed by atoms with Crippen LogP contribution in [0.5, 0.6) is 0 Å². The van der Waals surface area contributed by atoms with Gasteiger partial charge in [0, 0.05) is 29.2 Å². The van der Waals surface area contributed by atoms with Crippen LogP contribution < -0.4 is 11.3 Å². The van der Waals surface area contributed by atoms with Crippen molar-refractivity contribution in [1.29, 1.82) is 0 Å².